The van der Waals surface area contributed by atoms with Crippen molar-refractivity contribution in [2.45, 2.75) is 58.0 Å². The van der Waals surface area contributed by atoms with Crippen molar-refractivity contribution in [3.05, 3.63) is 34.9 Å². The topological polar surface area (TPSA) is 44.0 Å². The molecule has 1 unspecified atom stereocenters. The Morgan fingerprint density at radius 1 is 1.33 bits per heavy atom. The largest absolute Gasteiger partial charge is 0.384 e. The molecule has 0 amide bonds. The summed E-state index contributed by atoms with van der Waals surface area (Å²) in [5.41, 5.74) is -1.04. The van der Waals surface area contributed by atoms with E-state index in [-0.39, 0.29) is 0 Å². The number of benzene rings is 1. The fourth-order valence-corrected chi connectivity index (χ4v) is 3.75. The first kappa shape index (κ1) is 16.3. The summed E-state index contributed by atoms with van der Waals surface area (Å²) in [5.74, 6) is 0.706. The maximum absolute atomic E-state index is 11.1. The maximum Gasteiger partial charge on any atom is 0.105 e. The monoisotopic (exact) mass is 305 g/mol. The van der Waals surface area contributed by atoms with Gasteiger partial charge >= 0.3 is 0 Å². The first-order valence-corrected chi connectivity index (χ1v) is 8.22. The van der Waals surface area contributed by atoms with Gasteiger partial charge in [-0.3, -0.25) is 0 Å². The van der Waals surface area contributed by atoms with Crippen molar-refractivity contribution in [2.75, 3.05) is 0 Å². The van der Waals surface area contributed by atoms with E-state index in [4.69, 9.17) is 11.6 Å². The predicted molar refractivity (Wildman–Crippen MR) is 85.9 cm³/mol. The van der Waals surface area contributed by atoms with Crippen LogP contribution in [0.5, 0.6) is 0 Å². The minimum Gasteiger partial charge on any atom is -0.384 e. The van der Waals surface area contributed by atoms with Crippen LogP contribution in [-0.2, 0) is 5.60 Å². The van der Waals surface area contributed by atoms with Crippen molar-refractivity contribution in [3.63, 3.8) is 0 Å². The Labute approximate surface area is 132 Å². The van der Waals surface area contributed by atoms with Crippen molar-refractivity contribution in [2.24, 2.45) is 11.3 Å². The van der Waals surface area contributed by atoms with Crippen molar-refractivity contribution < 1.29 is 5.11 Å². The highest BCUT2D eigenvalue weighted by atomic mass is 35.5. The number of aliphatic hydroxyl groups is 1. The minimum atomic E-state index is -1.14. The summed E-state index contributed by atoms with van der Waals surface area (Å²) in [4.78, 5) is 0. The molecule has 2 rings (SSSR count). The lowest BCUT2D eigenvalue weighted by atomic mass is 9.60. The van der Waals surface area contributed by atoms with Gasteiger partial charge in [-0.15, -0.1) is 0 Å². The van der Waals surface area contributed by atoms with E-state index in [9.17, 15) is 10.4 Å². The van der Waals surface area contributed by atoms with E-state index in [1.54, 1.807) is 19.1 Å². The second-order valence-electron chi connectivity index (χ2n) is 6.51. The van der Waals surface area contributed by atoms with E-state index in [0.717, 1.165) is 31.2 Å². The summed E-state index contributed by atoms with van der Waals surface area (Å²) < 4.78 is 0. The average Bonchev–Trinajstić information content (AvgIpc) is 2.49. The molecule has 1 aliphatic carbocycles. The van der Waals surface area contributed by atoms with Gasteiger partial charge in [0.25, 0.3) is 0 Å². The van der Waals surface area contributed by atoms with Crippen molar-refractivity contribution in [1.29, 1.82) is 5.26 Å². The summed E-state index contributed by atoms with van der Waals surface area (Å²) in [6.45, 7) is 3.98. The Balaban J connectivity index is 2.24. The molecule has 0 bridgehead atoms. The number of rotatable bonds is 4. The highest BCUT2D eigenvalue weighted by molar-refractivity contribution is 6.30. The Morgan fingerprint density at radius 2 is 1.90 bits per heavy atom. The highest BCUT2D eigenvalue weighted by Crippen LogP contribution is 2.51. The normalized spacial score (nSPS) is 28.6. The molecule has 21 heavy (non-hydrogen) atoms. The lowest BCUT2D eigenvalue weighted by Crippen LogP contribution is -2.45. The maximum atomic E-state index is 11.1. The minimum absolute atomic E-state index is 0.646. The van der Waals surface area contributed by atoms with E-state index in [0.29, 0.717) is 10.9 Å². The quantitative estimate of drug-likeness (QED) is 0.846. The number of hydrogen-bond donors (Lipinski definition) is 1. The van der Waals surface area contributed by atoms with E-state index in [1.807, 2.05) is 12.1 Å². The molecule has 1 saturated carbocycles. The number of halogens is 1. The van der Waals surface area contributed by atoms with Gasteiger partial charge in [0.2, 0.25) is 0 Å². The third-order valence-corrected chi connectivity index (χ3v) is 5.46. The molecule has 1 aromatic carbocycles. The number of nitriles is 1. The van der Waals surface area contributed by atoms with Gasteiger partial charge in [-0.1, -0.05) is 43.5 Å². The van der Waals surface area contributed by atoms with Gasteiger partial charge in [0.05, 0.1) is 11.5 Å². The highest BCUT2D eigenvalue weighted by Gasteiger charge is 2.50. The molecule has 0 aromatic heterocycles. The van der Waals surface area contributed by atoms with Crippen molar-refractivity contribution in [3.8, 4) is 6.07 Å². The molecule has 1 N–H and O–H groups in total. The van der Waals surface area contributed by atoms with Crippen LogP contribution >= 0.6 is 11.6 Å². The molecule has 0 radical (unpaired) electrons. The standard InChI is InChI=1S/C18H24ClNO/c1-3-4-14-9-11-18(13-20,12-10-14)17(2,21)15-5-7-16(19)8-6-15/h5-8,14,21H,3-4,9-12H2,1-2H3. The molecular formula is C18H24ClNO. The molecule has 0 saturated heterocycles. The zero-order valence-corrected chi connectivity index (χ0v) is 13.7. The molecule has 1 aliphatic rings. The molecule has 1 aromatic rings. The summed E-state index contributed by atoms with van der Waals surface area (Å²) in [5, 5.41) is 21.5. The molecule has 0 spiro atoms. The van der Waals surface area contributed by atoms with Crippen molar-refractivity contribution in [1.82, 2.24) is 0 Å². The summed E-state index contributed by atoms with van der Waals surface area (Å²) in [6, 6.07) is 9.67. The molecule has 2 nitrogen and oxygen atoms in total. The van der Waals surface area contributed by atoms with Crippen LogP contribution in [0.1, 0.15) is 57.9 Å². The van der Waals surface area contributed by atoms with Gasteiger partial charge in [0, 0.05) is 5.02 Å². The van der Waals surface area contributed by atoms with E-state index in [1.165, 1.54) is 12.8 Å². The van der Waals surface area contributed by atoms with Gasteiger partial charge < -0.3 is 5.11 Å². The lowest BCUT2D eigenvalue weighted by molar-refractivity contribution is -0.0700. The van der Waals surface area contributed by atoms with Crippen LogP contribution in [0.4, 0.5) is 0 Å². The van der Waals surface area contributed by atoms with E-state index < -0.39 is 11.0 Å². The third kappa shape index (κ3) is 3.10. The molecule has 1 atom stereocenters. The zero-order valence-electron chi connectivity index (χ0n) is 12.9. The Hall–Kier alpha value is -1.04. The molecule has 3 heteroatoms. The first-order chi connectivity index (χ1) is 9.95. The Bertz CT molecular complexity index is 507. The smallest absolute Gasteiger partial charge is 0.105 e. The summed E-state index contributed by atoms with van der Waals surface area (Å²) in [7, 11) is 0. The SMILES string of the molecule is CCCC1CCC(C#N)(C(C)(O)c2ccc(Cl)cc2)CC1. The van der Waals surface area contributed by atoms with Gasteiger partial charge in [0.1, 0.15) is 5.60 Å². The van der Waals surface area contributed by atoms with E-state index >= 15 is 0 Å². The van der Waals surface area contributed by atoms with Crippen LogP contribution in [0.15, 0.2) is 24.3 Å². The van der Waals surface area contributed by atoms with Crippen molar-refractivity contribution >= 4 is 11.6 Å². The number of hydrogen-bond acceptors (Lipinski definition) is 2. The van der Waals surface area contributed by atoms with Crippen LogP contribution < -0.4 is 0 Å². The van der Waals surface area contributed by atoms with Gasteiger partial charge in [-0.2, -0.15) is 5.26 Å². The molecular weight excluding hydrogens is 282 g/mol. The van der Waals surface area contributed by atoms with Gasteiger partial charge in [0.15, 0.2) is 0 Å². The van der Waals surface area contributed by atoms with Crippen LogP contribution in [0.2, 0.25) is 5.02 Å². The molecule has 114 valence electrons. The fourth-order valence-electron chi connectivity index (χ4n) is 3.63. The van der Waals surface area contributed by atoms with E-state index in [2.05, 4.69) is 13.0 Å². The Morgan fingerprint density at radius 3 is 2.38 bits per heavy atom. The third-order valence-electron chi connectivity index (χ3n) is 5.21. The van der Waals surface area contributed by atoms with Crippen LogP contribution in [0.3, 0.4) is 0 Å². The van der Waals surface area contributed by atoms with Crippen LogP contribution in [-0.4, -0.2) is 5.11 Å². The van der Waals surface area contributed by atoms with Crippen LogP contribution in [0, 0.1) is 22.7 Å². The lowest BCUT2D eigenvalue weighted by Gasteiger charge is -2.45. The zero-order chi connectivity index (χ0) is 15.5. The van der Waals surface area contributed by atoms with Gasteiger partial charge in [-0.25, -0.2) is 0 Å². The second kappa shape index (κ2) is 6.38. The summed E-state index contributed by atoms with van der Waals surface area (Å²) >= 11 is 5.92. The Kier molecular flexibility index (Phi) is 4.96. The number of nitrogens with zero attached hydrogens (tertiary/aromatic N) is 1. The first-order valence-electron chi connectivity index (χ1n) is 7.85. The fraction of sp³-hybridized carbons (Fsp3) is 0.611. The predicted octanol–water partition coefficient (Wildman–Crippen LogP) is 5.05. The summed E-state index contributed by atoms with van der Waals surface area (Å²) in [6.07, 6.45) is 6.02. The average molecular weight is 306 g/mol. The van der Waals surface area contributed by atoms with Crippen LogP contribution in [0.25, 0.3) is 0 Å². The molecule has 0 aliphatic heterocycles. The van der Waals surface area contributed by atoms with Gasteiger partial charge in [-0.05, 0) is 56.2 Å². The second-order valence-corrected chi connectivity index (χ2v) is 6.94. The molecule has 1 fully saturated rings. The molecule has 0 heterocycles.